The SMILES string of the molecule is CC(C)=CCC/C(C)=C/CC/C(C)=C/C[P+](CCCO)(CCCO)CCCO.[Cl-]. The summed E-state index contributed by atoms with van der Waals surface area (Å²) in [4.78, 5) is 0. The van der Waals surface area contributed by atoms with Gasteiger partial charge < -0.3 is 27.7 Å². The second kappa shape index (κ2) is 19.8. The Hall–Kier alpha value is -0.180. The van der Waals surface area contributed by atoms with E-state index in [4.69, 9.17) is 0 Å². The number of aliphatic hydroxyl groups is 3. The fourth-order valence-electron chi connectivity index (χ4n) is 3.52. The lowest BCUT2D eigenvalue weighted by Gasteiger charge is -2.26. The van der Waals surface area contributed by atoms with Gasteiger partial charge in [0.05, 0.1) is 24.6 Å². The van der Waals surface area contributed by atoms with E-state index >= 15 is 0 Å². The molecule has 0 aliphatic carbocycles. The summed E-state index contributed by atoms with van der Waals surface area (Å²) in [6, 6.07) is 0. The predicted molar refractivity (Wildman–Crippen MR) is 127 cm³/mol. The highest BCUT2D eigenvalue weighted by Crippen LogP contribution is 2.60. The fraction of sp³-hybridized carbons (Fsp3) is 0.750. The molecule has 0 atom stereocenters. The standard InChI is InChI=1S/C24H46O3P.ClH/c1-22(2)10-5-11-23(3)12-6-13-24(4)14-21-28(18-7-15-25,19-8-16-26)20-9-17-27;/h10,12,14,25-27H,5-9,11,13,15-21H2,1-4H3;1H/q+1;/p-1/b23-12+,24-14+;. The summed E-state index contributed by atoms with van der Waals surface area (Å²) in [6.45, 7) is 9.46. The van der Waals surface area contributed by atoms with Gasteiger partial charge in [0, 0.05) is 46.3 Å². The van der Waals surface area contributed by atoms with Gasteiger partial charge in [0.1, 0.15) is 0 Å². The normalized spacial score (nSPS) is 12.7. The highest BCUT2D eigenvalue weighted by molar-refractivity contribution is 7.76. The van der Waals surface area contributed by atoms with E-state index in [-0.39, 0.29) is 32.2 Å². The average molecular weight is 449 g/mol. The van der Waals surface area contributed by atoms with E-state index in [9.17, 15) is 15.3 Å². The number of halogens is 1. The van der Waals surface area contributed by atoms with Gasteiger partial charge in [-0.3, -0.25) is 0 Å². The Kier molecular flexibility index (Phi) is 21.1. The molecule has 0 aliphatic rings. The third-order valence-electron chi connectivity index (χ3n) is 5.32. The van der Waals surface area contributed by atoms with Crippen LogP contribution in [-0.2, 0) is 0 Å². The molecule has 0 aliphatic heterocycles. The number of allylic oxidation sites excluding steroid dienone is 6. The molecule has 0 saturated heterocycles. The first-order valence-corrected chi connectivity index (χ1v) is 13.5. The van der Waals surface area contributed by atoms with Crippen LogP contribution in [0.5, 0.6) is 0 Å². The molecule has 0 fully saturated rings. The first-order chi connectivity index (χ1) is 13.4. The van der Waals surface area contributed by atoms with Gasteiger partial charge in [0.2, 0.25) is 0 Å². The molecule has 0 radical (unpaired) electrons. The molecule has 172 valence electrons. The van der Waals surface area contributed by atoms with Gasteiger partial charge in [-0.1, -0.05) is 28.9 Å². The van der Waals surface area contributed by atoms with E-state index < -0.39 is 7.26 Å². The van der Waals surface area contributed by atoms with Gasteiger partial charge in [-0.25, -0.2) is 0 Å². The minimum atomic E-state index is -1.25. The molecule has 0 bridgehead atoms. The molecule has 0 rings (SSSR count). The van der Waals surface area contributed by atoms with Gasteiger partial charge >= 0.3 is 0 Å². The highest BCUT2D eigenvalue weighted by atomic mass is 35.5. The maximum Gasteiger partial charge on any atom is 0.0776 e. The largest absolute Gasteiger partial charge is 1.00 e. The molecule has 0 aromatic carbocycles. The second-order valence-electron chi connectivity index (χ2n) is 8.39. The zero-order chi connectivity index (χ0) is 21.3. The Labute approximate surface area is 187 Å². The van der Waals surface area contributed by atoms with E-state index in [1.54, 1.807) is 0 Å². The minimum absolute atomic E-state index is 0. The van der Waals surface area contributed by atoms with Crippen LogP contribution < -0.4 is 12.4 Å². The van der Waals surface area contributed by atoms with Gasteiger partial charge in [0.25, 0.3) is 0 Å². The number of hydrogen-bond acceptors (Lipinski definition) is 3. The van der Waals surface area contributed by atoms with Crippen molar-refractivity contribution in [1.82, 2.24) is 0 Å². The summed E-state index contributed by atoms with van der Waals surface area (Å²) >= 11 is 0. The molecule has 29 heavy (non-hydrogen) atoms. The molecule has 3 nitrogen and oxygen atoms in total. The van der Waals surface area contributed by atoms with Gasteiger partial charge in [-0.15, -0.1) is 0 Å². The molecule has 3 N–H and O–H groups in total. The van der Waals surface area contributed by atoms with Crippen LogP contribution in [0.15, 0.2) is 34.9 Å². The van der Waals surface area contributed by atoms with E-state index in [1.165, 1.54) is 16.7 Å². The van der Waals surface area contributed by atoms with Crippen molar-refractivity contribution >= 4 is 7.26 Å². The molecular formula is C24H46ClO3P. The van der Waals surface area contributed by atoms with Crippen molar-refractivity contribution in [2.24, 2.45) is 0 Å². The average Bonchev–Trinajstić information content (AvgIpc) is 2.66. The molecule has 0 heterocycles. The molecule has 0 amide bonds. The lowest BCUT2D eigenvalue weighted by atomic mass is 10.1. The zero-order valence-electron chi connectivity index (χ0n) is 19.3. The first kappa shape index (κ1) is 31.0. The summed E-state index contributed by atoms with van der Waals surface area (Å²) in [5, 5.41) is 27.9. The first-order valence-electron chi connectivity index (χ1n) is 11.0. The monoisotopic (exact) mass is 448 g/mol. The Morgan fingerprint density at radius 2 is 1.07 bits per heavy atom. The summed E-state index contributed by atoms with van der Waals surface area (Å²) in [5.41, 5.74) is 4.30. The smallest absolute Gasteiger partial charge is 0.0776 e. The lowest BCUT2D eigenvalue weighted by molar-refractivity contribution is -0.00000953. The van der Waals surface area contributed by atoms with Crippen molar-refractivity contribution in [1.29, 1.82) is 0 Å². The Morgan fingerprint density at radius 1 is 0.655 bits per heavy atom. The third kappa shape index (κ3) is 17.2. The van der Waals surface area contributed by atoms with Crippen molar-refractivity contribution in [2.45, 2.75) is 72.6 Å². The van der Waals surface area contributed by atoms with E-state index in [2.05, 4.69) is 45.9 Å². The van der Waals surface area contributed by atoms with Crippen LogP contribution in [0.3, 0.4) is 0 Å². The van der Waals surface area contributed by atoms with E-state index in [0.29, 0.717) is 0 Å². The van der Waals surface area contributed by atoms with Gasteiger partial charge in [-0.05, 0) is 59.5 Å². The van der Waals surface area contributed by atoms with Gasteiger partial charge in [-0.2, -0.15) is 0 Å². The maximum atomic E-state index is 9.31. The maximum absolute atomic E-state index is 9.31. The van der Waals surface area contributed by atoms with Crippen LogP contribution in [0.25, 0.3) is 0 Å². The second-order valence-corrected chi connectivity index (χ2v) is 12.8. The lowest BCUT2D eigenvalue weighted by Crippen LogP contribution is -3.00. The molecule has 0 spiro atoms. The molecule has 5 heteroatoms. The number of aliphatic hydroxyl groups excluding tert-OH is 3. The molecular weight excluding hydrogens is 403 g/mol. The third-order valence-corrected chi connectivity index (χ3v) is 10.1. The van der Waals surface area contributed by atoms with Crippen molar-refractivity contribution < 1.29 is 27.7 Å². The Balaban J connectivity index is 0. The van der Waals surface area contributed by atoms with Crippen LogP contribution in [0, 0.1) is 0 Å². The van der Waals surface area contributed by atoms with Crippen molar-refractivity contribution in [3.63, 3.8) is 0 Å². The number of hydrogen-bond donors (Lipinski definition) is 3. The van der Waals surface area contributed by atoms with Crippen LogP contribution in [0.2, 0.25) is 0 Å². The quantitative estimate of drug-likeness (QED) is 0.237. The highest BCUT2D eigenvalue weighted by Gasteiger charge is 2.34. The molecule has 0 aromatic heterocycles. The van der Waals surface area contributed by atoms with Crippen LogP contribution >= 0.6 is 7.26 Å². The minimum Gasteiger partial charge on any atom is -1.00 e. The Bertz CT molecular complexity index is 461. The molecule has 0 aromatic rings. The Morgan fingerprint density at radius 3 is 1.48 bits per heavy atom. The number of rotatable bonds is 17. The van der Waals surface area contributed by atoms with Crippen LogP contribution in [-0.4, -0.2) is 59.8 Å². The zero-order valence-corrected chi connectivity index (χ0v) is 20.9. The summed E-state index contributed by atoms with van der Waals surface area (Å²) in [6.07, 6.45) is 18.4. The summed E-state index contributed by atoms with van der Waals surface area (Å²) < 4.78 is 0. The topological polar surface area (TPSA) is 60.7 Å². The fourth-order valence-corrected chi connectivity index (χ4v) is 7.87. The van der Waals surface area contributed by atoms with Crippen molar-refractivity contribution in [3.05, 3.63) is 34.9 Å². The van der Waals surface area contributed by atoms with E-state index in [1.807, 2.05) is 0 Å². The van der Waals surface area contributed by atoms with Crippen molar-refractivity contribution in [3.8, 4) is 0 Å². The van der Waals surface area contributed by atoms with Gasteiger partial charge in [0.15, 0.2) is 0 Å². The van der Waals surface area contributed by atoms with Crippen LogP contribution in [0.1, 0.15) is 72.6 Å². The molecule has 0 unspecified atom stereocenters. The summed E-state index contributed by atoms with van der Waals surface area (Å²) in [7, 11) is -1.25. The molecule has 0 saturated carbocycles. The van der Waals surface area contributed by atoms with Crippen molar-refractivity contribution in [2.75, 3.05) is 44.5 Å². The van der Waals surface area contributed by atoms with Crippen LogP contribution in [0.4, 0.5) is 0 Å². The summed E-state index contributed by atoms with van der Waals surface area (Å²) in [5.74, 6) is 0. The van der Waals surface area contributed by atoms with E-state index in [0.717, 1.165) is 69.6 Å². The predicted octanol–water partition coefficient (Wildman–Crippen LogP) is 2.57.